The molecule has 0 bridgehead atoms. The van der Waals surface area contributed by atoms with Gasteiger partial charge in [-0.3, -0.25) is 0 Å². The van der Waals surface area contributed by atoms with Crippen LogP contribution in [0.3, 0.4) is 0 Å². The highest BCUT2D eigenvalue weighted by Gasteiger charge is 2.21. The normalized spacial score (nSPS) is 11.7. The second-order valence-corrected chi connectivity index (χ2v) is 5.83. The maximum absolute atomic E-state index is 5.89. The first-order chi connectivity index (χ1) is 8.74. The van der Waals surface area contributed by atoms with Gasteiger partial charge in [-0.25, -0.2) is 0 Å². The molecule has 19 heavy (non-hydrogen) atoms. The van der Waals surface area contributed by atoms with Crippen LogP contribution in [-0.2, 0) is 9.47 Å². The fraction of sp³-hybridized carbons (Fsp3) is 0.875. The lowest BCUT2D eigenvalue weighted by Crippen LogP contribution is -2.32. The molecule has 3 nitrogen and oxygen atoms in total. The zero-order valence-electron chi connectivity index (χ0n) is 14.1. The molecular weight excluding hydrogens is 238 g/mol. The molecule has 0 aliphatic carbocycles. The summed E-state index contributed by atoms with van der Waals surface area (Å²) in [5, 5.41) is 3.32. The number of hydrogen-bond donors (Lipinski definition) is 1. The predicted octanol–water partition coefficient (Wildman–Crippen LogP) is 3.79. The van der Waals surface area contributed by atoms with Crippen molar-refractivity contribution in [3.05, 3.63) is 12.7 Å². The van der Waals surface area contributed by atoms with Gasteiger partial charge in [0.2, 0.25) is 0 Å². The Morgan fingerprint density at radius 3 is 2.05 bits per heavy atom. The van der Waals surface area contributed by atoms with Gasteiger partial charge in [0.1, 0.15) is 0 Å². The van der Waals surface area contributed by atoms with Crippen molar-refractivity contribution in [2.24, 2.45) is 0 Å². The second-order valence-electron chi connectivity index (χ2n) is 5.83. The summed E-state index contributed by atoms with van der Waals surface area (Å²) in [5.41, 5.74) is -0.135. The van der Waals surface area contributed by atoms with E-state index in [4.69, 9.17) is 9.47 Å². The summed E-state index contributed by atoms with van der Waals surface area (Å²) in [6.07, 6.45) is 3.71. The van der Waals surface area contributed by atoms with E-state index in [9.17, 15) is 0 Å². The highest BCUT2D eigenvalue weighted by molar-refractivity contribution is 4.72. The van der Waals surface area contributed by atoms with E-state index in [0.29, 0.717) is 0 Å². The van der Waals surface area contributed by atoms with Crippen molar-refractivity contribution in [2.75, 3.05) is 26.8 Å². The Morgan fingerprint density at radius 1 is 1.11 bits per heavy atom. The first-order valence-electron chi connectivity index (χ1n) is 7.21. The van der Waals surface area contributed by atoms with Crippen LogP contribution in [0.25, 0.3) is 0 Å². The van der Waals surface area contributed by atoms with Gasteiger partial charge in [0.05, 0.1) is 17.8 Å². The third kappa shape index (κ3) is 15.6. The lowest BCUT2D eigenvalue weighted by Gasteiger charge is -2.29. The van der Waals surface area contributed by atoms with Crippen molar-refractivity contribution in [1.82, 2.24) is 5.32 Å². The number of hydrogen-bond acceptors (Lipinski definition) is 3. The van der Waals surface area contributed by atoms with Gasteiger partial charge >= 0.3 is 0 Å². The first kappa shape index (κ1) is 20.9. The van der Waals surface area contributed by atoms with E-state index in [2.05, 4.69) is 46.5 Å². The zero-order valence-corrected chi connectivity index (χ0v) is 14.1. The molecule has 0 aliphatic rings. The molecule has 0 aliphatic heterocycles. The SMILES string of the molecule is C=CC.CCNCCC(C)(C)OCCC(C)(C)OC. The standard InChI is InChI=1S/C13H29NO2.C3H6/c1-7-14-10-8-13(4,5)16-11-9-12(2,3)15-6;1-3-2/h14H,7-11H2,1-6H3;3H,1H2,2H3. The van der Waals surface area contributed by atoms with E-state index in [-0.39, 0.29) is 11.2 Å². The zero-order chi connectivity index (χ0) is 15.4. The fourth-order valence-corrected chi connectivity index (χ4v) is 1.31. The minimum absolute atomic E-state index is 0.0496. The summed E-state index contributed by atoms with van der Waals surface area (Å²) in [6.45, 7) is 18.6. The van der Waals surface area contributed by atoms with Crippen molar-refractivity contribution < 1.29 is 9.47 Å². The number of methoxy groups -OCH3 is 1. The lowest BCUT2D eigenvalue weighted by atomic mass is 10.0. The van der Waals surface area contributed by atoms with E-state index in [0.717, 1.165) is 32.5 Å². The van der Waals surface area contributed by atoms with Crippen LogP contribution in [0.15, 0.2) is 12.7 Å². The summed E-state index contributed by atoms with van der Waals surface area (Å²) in [4.78, 5) is 0. The van der Waals surface area contributed by atoms with Gasteiger partial charge < -0.3 is 14.8 Å². The van der Waals surface area contributed by atoms with Gasteiger partial charge in [-0.15, -0.1) is 6.58 Å². The van der Waals surface area contributed by atoms with Gasteiger partial charge in [-0.1, -0.05) is 13.0 Å². The predicted molar refractivity (Wildman–Crippen MR) is 84.8 cm³/mol. The number of allylic oxidation sites excluding steroid dienone is 1. The summed E-state index contributed by atoms with van der Waals surface area (Å²) < 4.78 is 11.3. The molecule has 0 aromatic heterocycles. The van der Waals surface area contributed by atoms with Gasteiger partial charge in [-0.2, -0.15) is 0 Å². The molecule has 0 unspecified atom stereocenters. The number of rotatable bonds is 9. The molecule has 3 heteroatoms. The van der Waals surface area contributed by atoms with Crippen LogP contribution in [0.4, 0.5) is 0 Å². The van der Waals surface area contributed by atoms with Gasteiger partial charge in [0, 0.05) is 7.11 Å². The molecule has 0 aromatic carbocycles. The molecule has 116 valence electrons. The molecule has 0 amide bonds. The van der Waals surface area contributed by atoms with E-state index in [1.807, 2.05) is 6.92 Å². The molecule has 1 N–H and O–H groups in total. The molecule has 0 heterocycles. The molecule has 0 spiro atoms. The smallest absolute Gasteiger partial charge is 0.0644 e. The van der Waals surface area contributed by atoms with Crippen LogP contribution in [0.5, 0.6) is 0 Å². The average molecular weight is 273 g/mol. The highest BCUT2D eigenvalue weighted by Crippen LogP contribution is 2.18. The summed E-state index contributed by atoms with van der Waals surface area (Å²) in [7, 11) is 1.75. The molecule has 0 fully saturated rings. The quantitative estimate of drug-likeness (QED) is 0.512. The second kappa shape index (κ2) is 11.4. The van der Waals surface area contributed by atoms with Crippen molar-refractivity contribution >= 4 is 0 Å². The van der Waals surface area contributed by atoms with E-state index >= 15 is 0 Å². The van der Waals surface area contributed by atoms with E-state index in [1.54, 1.807) is 13.2 Å². The van der Waals surface area contributed by atoms with Crippen LogP contribution < -0.4 is 5.32 Å². The molecule has 0 saturated carbocycles. The van der Waals surface area contributed by atoms with Crippen LogP contribution in [0.2, 0.25) is 0 Å². The van der Waals surface area contributed by atoms with E-state index in [1.165, 1.54) is 0 Å². The summed E-state index contributed by atoms with van der Waals surface area (Å²) >= 11 is 0. The summed E-state index contributed by atoms with van der Waals surface area (Å²) in [6, 6.07) is 0. The van der Waals surface area contributed by atoms with Crippen LogP contribution in [0.1, 0.15) is 54.4 Å². The van der Waals surface area contributed by atoms with Gasteiger partial charge in [0.15, 0.2) is 0 Å². The Labute approximate surface area is 120 Å². The molecule has 0 aromatic rings. The third-order valence-corrected chi connectivity index (χ3v) is 2.90. The Bertz CT molecular complexity index is 213. The number of ether oxygens (including phenoxy) is 2. The van der Waals surface area contributed by atoms with Crippen molar-refractivity contribution in [2.45, 2.75) is 65.6 Å². The Morgan fingerprint density at radius 2 is 1.63 bits per heavy atom. The fourth-order valence-electron chi connectivity index (χ4n) is 1.31. The third-order valence-electron chi connectivity index (χ3n) is 2.90. The van der Waals surface area contributed by atoms with Crippen LogP contribution in [-0.4, -0.2) is 38.0 Å². The first-order valence-corrected chi connectivity index (χ1v) is 7.21. The van der Waals surface area contributed by atoms with Crippen LogP contribution >= 0.6 is 0 Å². The average Bonchev–Trinajstić information content (AvgIpc) is 2.29. The molecular formula is C16H35NO2. The van der Waals surface area contributed by atoms with Gasteiger partial charge in [-0.05, 0) is 60.5 Å². The van der Waals surface area contributed by atoms with E-state index < -0.39 is 0 Å². The van der Waals surface area contributed by atoms with Crippen LogP contribution in [0, 0.1) is 0 Å². The molecule has 0 saturated heterocycles. The van der Waals surface area contributed by atoms with Crippen molar-refractivity contribution in [3.63, 3.8) is 0 Å². The largest absolute Gasteiger partial charge is 0.379 e. The minimum Gasteiger partial charge on any atom is -0.379 e. The molecule has 0 radical (unpaired) electrons. The minimum atomic E-state index is -0.0856. The topological polar surface area (TPSA) is 30.5 Å². The maximum atomic E-state index is 5.89. The van der Waals surface area contributed by atoms with Gasteiger partial charge in [0.25, 0.3) is 0 Å². The highest BCUT2D eigenvalue weighted by atomic mass is 16.5. The monoisotopic (exact) mass is 273 g/mol. The van der Waals surface area contributed by atoms with Crippen molar-refractivity contribution in [3.8, 4) is 0 Å². The number of nitrogens with one attached hydrogen (secondary N) is 1. The Kier molecular flexibility index (Phi) is 12.6. The maximum Gasteiger partial charge on any atom is 0.0644 e. The molecule has 0 rings (SSSR count). The lowest BCUT2D eigenvalue weighted by molar-refractivity contribution is -0.0606. The Hall–Kier alpha value is -0.380. The summed E-state index contributed by atoms with van der Waals surface area (Å²) in [5.74, 6) is 0. The molecule has 0 atom stereocenters. The Balaban J connectivity index is 0. The van der Waals surface area contributed by atoms with Crippen molar-refractivity contribution in [1.29, 1.82) is 0 Å².